The summed E-state index contributed by atoms with van der Waals surface area (Å²) < 4.78 is 4.72. The molecule has 2 aromatic carbocycles. The first-order chi connectivity index (χ1) is 9.06. The van der Waals surface area contributed by atoms with Crippen LogP contribution in [-0.2, 0) is 4.74 Å². The fraction of sp³-hybridized carbons (Fsp3) is 0.133. The number of aryl methyl sites for hydroxylation is 1. The van der Waals surface area contributed by atoms with Gasteiger partial charge in [-0.05, 0) is 30.2 Å². The maximum absolute atomic E-state index is 11.9. The van der Waals surface area contributed by atoms with Gasteiger partial charge in [0.1, 0.15) is 11.3 Å². The molecule has 98 valence electrons. The van der Waals surface area contributed by atoms with Gasteiger partial charge in [-0.15, -0.1) is 0 Å². The number of nitrogens with two attached hydrogens (primary N) is 1. The maximum atomic E-state index is 11.9. The lowest BCUT2D eigenvalue weighted by atomic mass is 9.94. The van der Waals surface area contributed by atoms with E-state index in [1.165, 1.54) is 13.2 Å². The monoisotopic (exact) mass is 257 g/mol. The van der Waals surface area contributed by atoms with Crippen molar-refractivity contribution in [3.63, 3.8) is 0 Å². The number of ether oxygens (including phenoxy) is 1. The van der Waals surface area contributed by atoms with Crippen molar-refractivity contribution in [1.29, 1.82) is 0 Å². The SMILES string of the molecule is COC(=O)c1c(O)ccc(N)c1-c1ccccc1C. The molecule has 2 rings (SSSR count). The molecule has 0 fully saturated rings. The Morgan fingerprint density at radius 2 is 1.89 bits per heavy atom. The first-order valence-corrected chi connectivity index (χ1v) is 5.82. The maximum Gasteiger partial charge on any atom is 0.342 e. The second-order valence-corrected chi connectivity index (χ2v) is 4.23. The van der Waals surface area contributed by atoms with Crippen molar-refractivity contribution in [2.24, 2.45) is 0 Å². The van der Waals surface area contributed by atoms with Crippen LogP contribution in [0.25, 0.3) is 11.1 Å². The van der Waals surface area contributed by atoms with E-state index in [2.05, 4.69) is 0 Å². The lowest BCUT2D eigenvalue weighted by Crippen LogP contribution is -2.07. The molecule has 2 aromatic rings. The molecule has 0 atom stereocenters. The van der Waals surface area contributed by atoms with E-state index in [4.69, 9.17) is 10.5 Å². The topological polar surface area (TPSA) is 72.5 Å². The highest BCUT2D eigenvalue weighted by Gasteiger charge is 2.21. The Morgan fingerprint density at radius 1 is 1.21 bits per heavy atom. The third kappa shape index (κ3) is 2.25. The molecule has 4 nitrogen and oxygen atoms in total. The molecule has 0 aromatic heterocycles. The zero-order valence-corrected chi connectivity index (χ0v) is 10.8. The number of aromatic hydroxyl groups is 1. The van der Waals surface area contributed by atoms with Crippen LogP contribution in [0.5, 0.6) is 5.75 Å². The van der Waals surface area contributed by atoms with E-state index >= 15 is 0 Å². The number of methoxy groups -OCH3 is 1. The first kappa shape index (κ1) is 13.0. The third-order valence-corrected chi connectivity index (χ3v) is 3.02. The molecule has 0 aliphatic carbocycles. The highest BCUT2D eigenvalue weighted by atomic mass is 16.5. The molecule has 0 aliphatic heterocycles. The third-order valence-electron chi connectivity index (χ3n) is 3.02. The quantitative estimate of drug-likeness (QED) is 0.493. The molecular weight excluding hydrogens is 242 g/mol. The summed E-state index contributed by atoms with van der Waals surface area (Å²) in [5, 5.41) is 9.91. The fourth-order valence-corrected chi connectivity index (χ4v) is 2.06. The van der Waals surface area contributed by atoms with Crippen LogP contribution >= 0.6 is 0 Å². The largest absolute Gasteiger partial charge is 0.507 e. The Kier molecular flexibility index (Phi) is 3.42. The number of hydrogen-bond donors (Lipinski definition) is 2. The van der Waals surface area contributed by atoms with Crippen LogP contribution in [0.3, 0.4) is 0 Å². The van der Waals surface area contributed by atoms with Crippen molar-refractivity contribution < 1.29 is 14.6 Å². The zero-order valence-electron chi connectivity index (χ0n) is 10.8. The van der Waals surface area contributed by atoms with E-state index in [-0.39, 0.29) is 11.3 Å². The number of phenols is 1. The van der Waals surface area contributed by atoms with Crippen LogP contribution in [0.1, 0.15) is 15.9 Å². The van der Waals surface area contributed by atoms with Crippen LogP contribution in [0.4, 0.5) is 5.69 Å². The van der Waals surface area contributed by atoms with E-state index in [9.17, 15) is 9.90 Å². The number of nitrogen functional groups attached to an aromatic ring is 1. The van der Waals surface area contributed by atoms with Gasteiger partial charge in [0, 0.05) is 11.3 Å². The summed E-state index contributed by atoms with van der Waals surface area (Å²) in [7, 11) is 1.27. The number of carbonyl (C=O) groups excluding carboxylic acids is 1. The van der Waals surface area contributed by atoms with Crippen LogP contribution in [0.15, 0.2) is 36.4 Å². The van der Waals surface area contributed by atoms with Gasteiger partial charge in [0.05, 0.1) is 7.11 Å². The average Bonchev–Trinajstić information content (AvgIpc) is 2.41. The van der Waals surface area contributed by atoms with Crippen LogP contribution in [-0.4, -0.2) is 18.2 Å². The van der Waals surface area contributed by atoms with Gasteiger partial charge in [0.2, 0.25) is 0 Å². The Hall–Kier alpha value is -2.49. The minimum Gasteiger partial charge on any atom is -0.507 e. The lowest BCUT2D eigenvalue weighted by molar-refractivity contribution is 0.0598. The normalized spacial score (nSPS) is 10.2. The van der Waals surface area contributed by atoms with Crippen molar-refractivity contribution >= 4 is 11.7 Å². The van der Waals surface area contributed by atoms with Gasteiger partial charge in [-0.1, -0.05) is 24.3 Å². The molecule has 0 saturated carbocycles. The second kappa shape index (κ2) is 5.02. The summed E-state index contributed by atoms with van der Waals surface area (Å²) in [5.41, 5.74) is 8.75. The van der Waals surface area contributed by atoms with Gasteiger partial charge >= 0.3 is 5.97 Å². The Labute approximate surface area is 111 Å². The number of hydrogen-bond acceptors (Lipinski definition) is 4. The summed E-state index contributed by atoms with van der Waals surface area (Å²) in [4.78, 5) is 11.9. The first-order valence-electron chi connectivity index (χ1n) is 5.82. The van der Waals surface area contributed by atoms with Gasteiger partial charge in [0.15, 0.2) is 0 Å². The fourth-order valence-electron chi connectivity index (χ4n) is 2.06. The van der Waals surface area contributed by atoms with Crippen molar-refractivity contribution in [1.82, 2.24) is 0 Å². The molecule has 0 aliphatic rings. The number of esters is 1. The van der Waals surface area contributed by atoms with Crippen molar-refractivity contribution in [3.8, 4) is 16.9 Å². The molecule has 0 bridgehead atoms. The summed E-state index contributed by atoms with van der Waals surface area (Å²) in [5.74, 6) is -0.748. The molecule has 0 amide bonds. The highest BCUT2D eigenvalue weighted by molar-refractivity contribution is 6.03. The zero-order chi connectivity index (χ0) is 14.0. The molecular formula is C15H15NO3. The van der Waals surface area contributed by atoms with Crippen LogP contribution < -0.4 is 5.73 Å². The van der Waals surface area contributed by atoms with Gasteiger partial charge in [-0.3, -0.25) is 0 Å². The summed E-state index contributed by atoms with van der Waals surface area (Å²) >= 11 is 0. The van der Waals surface area contributed by atoms with Gasteiger partial charge in [-0.25, -0.2) is 4.79 Å². The second-order valence-electron chi connectivity index (χ2n) is 4.23. The molecule has 19 heavy (non-hydrogen) atoms. The Bertz CT molecular complexity index is 635. The molecule has 0 radical (unpaired) electrons. The molecule has 3 N–H and O–H groups in total. The van der Waals surface area contributed by atoms with Gasteiger partial charge < -0.3 is 15.6 Å². The number of benzene rings is 2. The summed E-state index contributed by atoms with van der Waals surface area (Å²) in [6.07, 6.45) is 0. The predicted molar refractivity (Wildman–Crippen MR) is 74.0 cm³/mol. The summed E-state index contributed by atoms with van der Waals surface area (Å²) in [6.45, 7) is 1.92. The molecule has 0 heterocycles. The van der Waals surface area contributed by atoms with Crippen LogP contribution in [0, 0.1) is 6.92 Å². The van der Waals surface area contributed by atoms with E-state index in [0.717, 1.165) is 11.1 Å². The molecule has 0 spiro atoms. The van der Waals surface area contributed by atoms with E-state index in [1.807, 2.05) is 31.2 Å². The standard InChI is InChI=1S/C15H15NO3/c1-9-5-3-4-6-10(9)13-11(16)7-8-12(17)14(13)15(18)19-2/h3-8,17H,16H2,1-2H3. The van der Waals surface area contributed by atoms with E-state index in [0.29, 0.717) is 11.3 Å². The number of carbonyl (C=O) groups is 1. The van der Waals surface area contributed by atoms with Crippen molar-refractivity contribution in [2.75, 3.05) is 12.8 Å². The Morgan fingerprint density at radius 3 is 2.53 bits per heavy atom. The Balaban J connectivity index is 2.79. The molecule has 0 saturated heterocycles. The lowest BCUT2D eigenvalue weighted by Gasteiger charge is -2.14. The number of phenolic OH excluding ortho intramolecular Hbond substituents is 1. The van der Waals surface area contributed by atoms with E-state index in [1.54, 1.807) is 6.07 Å². The van der Waals surface area contributed by atoms with E-state index < -0.39 is 5.97 Å². The smallest absolute Gasteiger partial charge is 0.342 e. The highest BCUT2D eigenvalue weighted by Crippen LogP contribution is 2.37. The van der Waals surface area contributed by atoms with Crippen molar-refractivity contribution in [3.05, 3.63) is 47.5 Å². The van der Waals surface area contributed by atoms with Crippen molar-refractivity contribution in [2.45, 2.75) is 6.92 Å². The minimum absolute atomic E-state index is 0.0943. The average molecular weight is 257 g/mol. The summed E-state index contributed by atoms with van der Waals surface area (Å²) in [6, 6.07) is 10.5. The van der Waals surface area contributed by atoms with Gasteiger partial charge in [0.25, 0.3) is 0 Å². The number of rotatable bonds is 2. The predicted octanol–water partition coefficient (Wildman–Crippen LogP) is 2.74. The molecule has 0 unspecified atom stereocenters. The van der Waals surface area contributed by atoms with Gasteiger partial charge in [-0.2, -0.15) is 0 Å². The molecule has 4 heteroatoms. The minimum atomic E-state index is -0.608. The van der Waals surface area contributed by atoms with Crippen LogP contribution in [0.2, 0.25) is 0 Å². The number of anilines is 1.